The normalized spacial score (nSPS) is 15.7. The topological polar surface area (TPSA) is 32.8 Å². The molecule has 0 aliphatic carbocycles. The molecule has 2 aromatic rings. The lowest BCUT2D eigenvalue weighted by atomic mass is 10.2. The number of carbonyl (C=O) groups is 1. The quantitative estimate of drug-likeness (QED) is 0.573. The molecule has 1 saturated heterocycles. The summed E-state index contributed by atoms with van der Waals surface area (Å²) in [5.41, 5.74) is 1.02. The number of ether oxygens (including phenoxy) is 1. The van der Waals surface area contributed by atoms with Gasteiger partial charge in [0.05, 0.1) is 4.88 Å². The third-order valence-corrected chi connectivity index (χ3v) is 6.01. The van der Waals surface area contributed by atoms with Gasteiger partial charge >= 0.3 is 6.18 Å². The van der Waals surface area contributed by atoms with Crippen LogP contribution >= 0.6 is 22.9 Å². The predicted octanol–water partition coefficient (Wildman–Crippen LogP) is 4.80. The zero-order valence-corrected chi connectivity index (χ0v) is 17.3. The molecule has 1 aliphatic heterocycles. The molecule has 3 rings (SSSR count). The summed E-state index contributed by atoms with van der Waals surface area (Å²) in [5, 5.41) is 0.673. The summed E-state index contributed by atoms with van der Waals surface area (Å²) in [5.74, 6) is 0.0170. The van der Waals surface area contributed by atoms with Crippen LogP contribution < -0.4 is 0 Å². The average Bonchev–Trinajstić information content (AvgIpc) is 3.17. The van der Waals surface area contributed by atoms with Gasteiger partial charge in [-0.2, -0.15) is 13.2 Å². The highest BCUT2D eigenvalue weighted by atomic mass is 35.5. The number of hydrogen-bond donors (Lipinski definition) is 0. The number of benzene rings is 1. The lowest BCUT2D eigenvalue weighted by Gasteiger charge is -2.34. The maximum absolute atomic E-state index is 12.8. The Labute approximate surface area is 176 Å². The summed E-state index contributed by atoms with van der Waals surface area (Å²) < 4.78 is 40.7. The Morgan fingerprint density at radius 1 is 1.07 bits per heavy atom. The number of hydrogen-bond acceptors (Lipinski definition) is 4. The fourth-order valence-electron chi connectivity index (χ4n) is 3.13. The second-order valence-electron chi connectivity index (χ2n) is 6.83. The van der Waals surface area contributed by atoms with Crippen molar-refractivity contribution in [2.24, 2.45) is 0 Å². The maximum Gasteiger partial charge on any atom is 0.411 e. The van der Waals surface area contributed by atoms with Gasteiger partial charge in [-0.15, -0.1) is 11.3 Å². The number of halogens is 4. The predicted molar refractivity (Wildman–Crippen MR) is 109 cm³/mol. The summed E-state index contributed by atoms with van der Waals surface area (Å²) in [4.78, 5) is 18.5. The summed E-state index contributed by atoms with van der Waals surface area (Å²) in [7, 11) is 0. The maximum atomic E-state index is 12.8. The molecule has 1 fully saturated rings. The molecule has 1 amide bonds. The van der Waals surface area contributed by atoms with Crippen LogP contribution in [0.3, 0.4) is 0 Å². The van der Waals surface area contributed by atoms with Gasteiger partial charge in [0, 0.05) is 49.2 Å². The minimum Gasteiger partial charge on any atom is -0.372 e. The summed E-state index contributed by atoms with van der Waals surface area (Å²) in [6.45, 7) is 2.18. The van der Waals surface area contributed by atoms with Crippen LogP contribution in [0.1, 0.15) is 16.1 Å². The van der Waals surface area contributed by atoms with Crippen molar-refractivity contribution in [2.75, 3.05) is 45.9 Å². The van der Waals surface area contributed by atoms with Gasteiger partial charge in [-0.05, 0) is 36.2 Å². The summed E-state index contributed by atoms with van der Waals surface area (Å²) in [6, 6.07) is 11.3. The van der Waals surface area contributed by atoms with Crippen molar-refractivity contribution in [3.63, 3.8) is 0 Å². The molecule has 158 valence electrons. The molecule has 9 heteroatoms. The van der Waals surface area contributed by atoms with Crippen LogP contribution in [0.2, 0.25) is 5.02 Å². The molecule has 2 heterocycles. The van der Waals surface area contributed by atoms with E-state index in [-0.39, 0.29) is 12.5 Å². The molecule has 0 radical (unpaired) electrons. The number of rotatable bonds is 7. The van der Waals surface area contributed by atoms with Crippen LogP contribution in [0, 0.1) is 0 Å². The first-order valence-electron chi connectivity index (χ1n) is 9.34. The first-order chi connectivity index (χ1) is 13.8. The van der Waals surface area contributed by atoms with Gasteiger partial charge in [-0.3, -0.25) is 9.69 Å². The zero-order chi connectivity index (χ0) is 20.9. The van der Waals surface area contributed by atoms with Crippen molar-refractivity contribution in [3.8, 4) is 10.4 Å². The Morgan fingerprint density at radius 2 is 1.76 bits per heavy atom. The van der Waals surface area contributed by atoms with Crippen LogP contribution in [0.5, 0.6) is 0 Å². The first kappa shape index (κ1) is 22.1. The molecule has 1 aromatic carbocycles. The van der Waals surface area contributed by atoms with Gasteiger partial charge in [0.2, 0.25) is 0 Å². The third-order valence-electron chi connectivity index (χ3n) is 4.63. The van der Waals surface area contributed by atoms with Gasteiger partial charge in [0.1, 0.15) is 6.61 Å². The van der Waals surface area contributed by atoms with Crippen molar-refractivity contribution in [1.29, 1.82) is 0 Å². The second kappa shape index (κ2) is 9.93. The molecule has 0 unspecified atom stereocenters. The van der Waals surface area contributed by atoms with E-state index in [2.05, 4.69) is 9.64 Å². The Balaban J connectivity index is 1.43. The molecule has 0 spiro atoms. The molecule has 29 heavy (non-hydrogen) atoms. The molecule has 0 N–H and O–H groups in total. The van der Waals surface area contributed by atoms with Crippen LogP contribution in [0.15, 0.2) is 36.4 Å². The lowest BCUT2D eigenvalue weighted by molar-refractivity contribution is -0.174. The van der Waals surface area contributed by atoms with Crippen molar-refractivity contribution in [1.82, 2.24) is 9.80 Å². The van der Waals surface area contributed by atoms with E-state index in [0.717, 1.165) is 10.4 Å². The fourth-order valence-corrected chi connectivity index (χ4v) is 4.24. The Morgan fingerprint density at radius 3 is 2.41 bits per heavy atom. The van der Waals surface area contributed by atoms with Gasteiger partial charge in [-0.1, -0.05) is 23.7 Å². The minimum atomic E-state index is -4.28. The van der Waals surface area contributed by atoms with Gasteiger partial charge in [0.25, 0.3) is 5.91 Å². The van der Waals surface area contributed by atoms with E-state index in [0.29, 0.717) is 49.0 Å². The van der Waals surface area contributed by atoms with E-state index in [9.17, 15) is 18.0 Å². The smallest absolute Gasteiger partial charge is 0.372 e. The average molecular weight is 447 g/mol. The van der Waals surface area contributed by atoms with E-state index in [1.807, 2.05) is 41.3 Å². The molecule has 0 saturated carbocycles. The Bertz CT molecular complexity index is 803. The highest BCUT2D eigenvalue weighted by molar-refractivity contribution is 7.17. The Hall–Kier alpha value is -1.61. The number of carbonyl (C=O) groups excluding carboxylic acids is 1. The number of piperazine rings is 1. The largest absolute Gasteiger partial charge is 0.411 e. The summed E-state index contributed by atoms with van der Waals surface area (Å²) >= 11 is 7.38. The molecular weight excluding hydrogens is 425 g/mol. The van der Waals surface area contributed by atoms with Crippen molar-refractivity contribution >= 4 is 28.8 Å². The zero-order valence-electron chi connectivity index (χ0n) is 15.8. The molecule has 0 atom stereocenters. The molecular formula is C20H22ClF3N2O2S. The van der Waals surface area contributed by atoms with Crippen molar-refractivity contribution in [3.05, 3.63) is 46.3 Å². The SMILES string of the molecule is O=C(c1ccc(-c2ccc(Cl)cc2)s1)N1CCN(CCCOCC(F)(F)F)CC1. The Kier molecular flexibility index (Phi) is 7.56. The second-order valence-corrected chi connectivity index (χ2v) is 8.35. The fraction of sp³-hybridized carbons (Fsp3) is 0.450. The van der Waals surface area contributed by atoms with E-state index in [1.54, 1.807) is 0 Å². The van der Waals surface area contributed by atoms with Crippen molar-refractivity contribution < 1.29 is 22.7 Å². The molecule has 4 nitrogen and oxygen atoms in total. The molecule has 1 aliphatic rings. The van der Waals surface area contributed by atoms with Crippen LogP contribution in [-0.4, -0.2) is 67.8 Å². The first-order valence-corrected chi connectivity index (χ1v) is 10.5. The highest BCUT2D eigenvalue weighted by Gasteiger charge is 2.27. The number of amides is 1. The summed E-state index contributed by atoms with van der Waals surface area (Å²) in [6.07, 6.45) is -3.74. The molecule has 0 bridgehead atoms. The van der Waals surface area contributed by atoms with Crippen molar-refractivity contribution in [2.45, 2.75) is 12.6 Å². The minimum absolute atomic E-state index is 0.0170. The highest BCUT2D eigenvalue weighted by Crippen LogP contribution is 2.30. The standard InChI is InChI=1S/C20H22ClF3N2O2S/c21-16-4-2-15(3-5-16)17-6-7-18(29-17)19(27)26-11-9-25(10-12-26)8-1-13-28-14-20(22,23)24/h2-7H,1,8-14H2. The third kappa shape index (κ3) is 6.70. The van der Waals surface area contributed by atoms with Gasteiger partial charge in [0.15, 0.2) is 0 Å². The van der Waals surface area contributed by atoms with E-state index < -0.39 is 12.8 Å². The van der Waals surface area contributed by atoms with E-state index in [1.165, 1.54) is 11.3 Å². The monoisotopic (exact) mass is 446 g/mol. The van der Waals surface area contributed by atoms with E-state index in [4.69, 9.17) is 11.6 Å². The number of thiophene rings is 1. The number of alkyl halides is 3. The van der Waals surface area contributed by atoms with E-state index >= 15 is 0 Å². The van der Waals surface area contributed by atoms with Crippen LogP contribution in [0.4, 0.5) is 13.2 Å². The van der Waals surface area contributed by atoms with Crippen LogP contribution in [0.25, 0.3) is 10.4 Å². The number of nitrogens with zero attached hydrogens (tertiary/aromatic N) is 2. The lowest BCUT2D eigenvalue weighted by Crippen LogP contribution is -2.48. The van der Waals surface area contributed by atoms with Gasteiger partial charge < -0.3 is 9.64 Å². The van der Waals surface area contributed by atoms with Gasteiger partial charge in [-0.25, -0.2) is 0 Å². The molecule has 1 aromatic heterocycles. The van der Waals surface area contributed by atoms with Crippen LogP contribution in [-0.2, 0) is 4.74 Å².